The lowest BCUT2D eigenvalue weighted by Gasteiger charge is -2.33. The summed E-state index contributed by atoms with van der Waals surface area (Å²) in [5.74, 6) is 0. The molecule has 0 aromatic rings. The van der Waals surface area contributed by atoms with Crippen LogP contribution in [0.4, 0.5) is 4.79 Å². The first-order valence-electron chi connectivity index (χ1n) is 6.17. The predicted molar refractivity (Wildman–Crippen MR) is 66.0 cm³/mol. The van der Waals surface area contributed by atoms with Crippen LogP contribution in [0.5, 0.6) is 0 Å². The Hall–Kier alpha value is -1.13. The quantitative estimate of drug-likeness (QED) is 0.754. The molecule has 1 saturated carbocycles. The Bertz CT molecular complexity index is 289. The highest BCUT2D eigenvalue weighted by molar-refractivity contribution is 5.68. The molecule has 0 aromatic heterocycles. The van der Waals surface area contributed by atoms with E-state index in [0.29, 0.717) is 0 Å². The van der Waals surface area contributed by atoms with Gasteiger partial charge in [-0.15, -0.1) is 0 Å². The molecule has 1 amide bonds. The molecular formula is C12H23N3O2. The summed E-state index contributed by atoms with van der Waals surface area (Å²) >= 11 is 0. The van der Waals surface area contributed by atoms with E-state index in [9.17, 15) is 4.79 Å². The van der Waals surface area contributed by atoms with Gasteiger partial charge in [-0.05, 0) is 46.5 Å². The van der Waals surface area contributed by atoms with Crippen molar-refractivity contribution in [3.05, 3.63) is 0 Å². The second-order valence-electron chi connectivity index (χ2n) is 5.58. The first-order valence-corrected chi connectivity index (χ1v) is 6.17. The molecule has 0 aromatic carbocycles. The molecule has 0 heterocycles. The maximum atomic E-state index is 11.4. The summed E-state index contributed by atoms with van der Waals surface area (Å²) in [5, 5.41) is 11.5. The van der Waals surface area contributed by atoms with Gasteiger partial charge in [0.05, 0.1) is 12.6 Å². The molecule has 0 bridgehead atoms. The maximum Gasteiger partial charge on any atom is 0.408 e. The third kappa shape index (κ3) is 4.71. The zero-order valence-electron chi connectivity index (χ0n) is 11.2. The number of ether oxygens (including phenoxy) is 1. The fourth-order valence-corrected chi connectivity index (χ4v) is 1.87. The average Bonchev–Trinajstić information content (AvgIpc) is 2.27. The Balaban J connectivity index is 2.78. The number of hydrogen-bond acceptors (Lipinski definition) is 4. The van der Waals surface area contributed by atoms with Gasteiger partial charge in [0.15, 0.2) is 5.66 Å². The van der Waals surface area contributed by atoms with Gasteiger partial charge in [-0.3, -0.25) is 5.32 Å². The lowest BCUT2D eigenvalue weighted by atomic mass is 9.90. The second-order valence-corrected chi connectivity index (χ2v) is 5.58. The molecule has 17 heavy (non-hydrogen) atoms. The van der Waals surface area contributed by atoms with Gasteiger partial charge >= 0.3 is 6.09 Å². The minimum atomic E-state index is -0.557. The van der Waals surface area contributed by atoms with E-state index in [1.807, 2.05) is 20.8 Å². The number of azo groups is 1. The fraction of sp³-hybridized carbons (Fsp3) is 0.917. The maximum absolute atomic E-state index is 11.4. The Kier molecular flexibility index (Phi) is 4.48. The van der Waals surface area contributed by atoms with Crippen molar-refractivity contribution >= 4 is 6.09 Å². The molecule has 5 heteroatoms. The van der Waals surface area contributed by atoms with Gasteiger partial charge < -0.3 is 4.74 Å². The molecule has 5 nitrogen and oxygen atoms in total. The van der Waals surface area contributed by atoms with E-state index >= 15 is 0 Å². The smallest absolute Gasteiger partial charge is 0.408 e. The Morgan fingerprint density at radius 2 is 1.82 bits per heavy atom. The van der Waals surface area contributed by atoms with Gasteiger partial charge in [0.2, 0.25) is 0 Å². The number of rotatable bonds is 2. The van der Waals surface area contributed by atoms with E-state index in [0.717, 1.165) is 25.7 Å². The number of carbonyl (C=O) groups is 1. The van der Waals surface area contributed by atoms with Crippen molar-refractivity contribution in [1.29, 1.82) is 0 Å². The van der Waals surface area contributed by atoms with Crippen LogP contribution in [0.25, 0.3) is 0 Å². The minimum absolute atomic E-state index is 0.220. The molecule has 1 aliphatic carbocycles. The third-order valence-corrected chi connectivity index (χ3v) is 2.74. The van der Waals surface area contributed by atoms with Crippen molar-refractivity contribution in [1.82, 2.24) is 5.32 Å². The highest BCUT2D eigenvalue weighted by atomic mass is 16.5. The Labute approximate surface area is 103 Å². The molecule has 98 valence electrons. The first kappa shape index (κ1) is 13.9. The number of amides is 1. The van der Waals surface area contributed by atoms with Crippen LogP contribution in [-0.2, 0) is 4.74 Å². The molecule has 0 saturated heterocycles. The monoisotopic (exact) mass is 241 g/mol. The second kappa shape index (κ2) is 5.47. The SMILES string of the molecule is COC(=O)NC1(N=NC(C)(C)C)CCCCC1. The molecule has 1 N–H and O–H groups in total. The number of carbonyl (C=O) groups excluding carboxylic acids is 1. The molecule has 0 spiro atoms. The number of nitrogens with one attached hydrogen (secondary N) is 1. The van der Waals surface area contributed by atoms with Gasteiger partial charge in [-0.1, -0.05) is 6.42 Å². The topological polar surface area (TPSA) is 63.0 Å². The highest BCUT2D eigenvalue weighted by Gasteiger charge is 2.34. The molecule has 1 fully saturated rings. The molecule has 0 radical (unpaired) electrons. The van der Waals surface area contributed by atoms with Crippen molar-refractivity contribution in [3.63, 3.8) is 0 Å². The normalized spacial score (nSPS) is 20.2. The molecule has 0 aliphatic heterocycles. The number of nitrogens with zero attached hydrogens (tertiary/aromatic N) is 2. The van der Waals surface area contributed by atoms with E-state index in [-0.39, 0.29) is 5.54 Å². The van der Waals surface area contributed by atoms with E-state index in [1.54, 1.807) is 0 Å². The zero-order chi connectivity index (χ0) is 12.9. The average molecular weight is 241 g/mol. The van der Waals surface area contributed by atoms with Crippen molar-refractivity contribution in [2.45, 2.75) is 64.1 Å². The third-order valence-electron chi connectivity index (χ3n) is 2.74. The first-order chi connectivity index (χ1) is 7.87. The largest absolute Gasteiger partial charge is 0.453 e. The van der Waals surface area contributed by atoms with Crippen LogP contribution in [0.1, 0.15) is 52.9 Å². The van der Waals surface area contributed by atoms with Crippen LogP contribution in [-0.4, -0.2) is 24.4 Å². The van der Waals surface area contributed by atoms with Crippen LogP contribution in [0.2, 0.25) is 0 Å². The van der Waals surface area contributed by atoms with Gasteiger partial charge in [-0.25, -0.2) is 4.79 Å². The van der Waals surface area contributed by atoms with Gasteiger partial charge in [0.1, 0.15) is 0 Å². The lowest BCUT2D eigenvalue weighted by Crippen LogP contribution is -2.48. The summed E-state index contributed by atoms with van der Waals surface area (Å²) in [7, 11) is 1.37. The van der Waals surface area contributed by atoms with E-state index in [1.165, 1.54) is 13.5 Å². The van der Waals surface area contributed by atoms with E-state index < -0.39 is 11.8 Å². The zero-order valence-corrected chi connectivity index (χ0v) is 11.2. The van der Waals surface area contributed by atoms with Crippen LogP contribution >= 0.6 is 0 Å². The van der Waals surface area contributed by atoms with Crippen molar-refractivity contribution in [2.24, 2.45) is 10.2 Å². The summed E-state index contributed by atoms with van der Waals surface area (Å²) in [6, 6.07) is 0. The molecule has 1 aliphatic rings. The van der Waals surface area contributed by atoms with Crippen molar-refractivity contribution < 1.29 is 9.53 Å². The van der Waals surface area contributed by atoms with Crippen molar-refractivity contribution in [3.8, 4) is 0 Å². The highest BCUT2D eigenvalue weighted by Crippen LogP contribution is 2.30. The van der Waals surface area contributed by atoms with Crippen LogP contribution < -0.4 is 5.32 Å². The van der Waals surface area contributed by atoms with E-state index in [2.05, 4.69) is 20.3 Å². The standard InChI is InChI=1S/C12H23N3O2/c1-11(2,3)14-15-12(13-10(16)17-4)8-6-5-7-9-12/h5-9H2,1-4H3,(H,13,16). The van der Waals surface area contributed by atoms with Crippen LogP contribution in [0.15, 0.2) is 10.2 Å². The van der Waals surface area contributed by atoms with E-state index in [4.69, 9.17) is 0 Å². The van der Waals surface area contributed by atoms with Gasteiger partial charge in [0.25, 0.3) is 0 Å². The number of methoxy groups -OCH3 is 1. The summed E-state index contributed by atoms with van der Waals surface area (Å²) in [6.07, 6.45) is 4.55. The summed E-state index contributed by atoms with van der Waals surface area (Å²) in [6.45, 7) is 5.97. The molecule has 0 unspecified atom stereocenters. The van der Waals surface area contributed by atoms with Gasteiger partial charge in [0, 0.05) is 0 Å². The van der Waals surface area contributed by atoms with Crippen LogP contribution in [0.3, 0.4) is 0 Å². The minimum Gasteiger partial charge on any atom is -0.453 e. The summed E-state index contributed by atoms with van der Waals surface area (Å²) in [5.41, 5.74) is -0.777. The molecule has 0 atom stereocenters. The number of hydrogen-bond donors (Lipinski definition) is 1. The summed E-state index contributed by atoms with van der Waals surface area (Å²) in [4.78, 5) is 11.4. The summed E-state index contributed by atoms with van der Waals surface area (Å²) < 4.78 is 4.66. The number of alkyl carbamates (subject to hydrolysis) is 1. The van der Waals surface area contributed by atoms with Crippen LogP contribution in [0, 0.1) is 0 Å². The lowest BCUT2D eigenvalue weighted by molar-refractivity contribution is 0.142. The fourth-order valence-electron chi connectivity index (χ4n) is 1.87. The van der Waals surface area contributed by atoms with Gasteiger partial charge in [-0.2, -0.15) is 10.2 Å². The Morgan fingerprint density at radius 1 is 1.24 bits per heavy atom. The molecular weight excluding hydrogens is 218 g/mol. The Morgan fingerprint density at radius 3 is 2.29 bits per heavy atom. The predicted octanol–water partition coefficient (Wildman–Crippen LogP) is 3.25. The molecule has 1 rings (SSSR count). The van der Waals surface area contributed by atoms with Crippen molar-refractivity contribution in [2.75, 3.05) is 7.11 Å².